The first-order valence-electron chi connectivity index (χ1n) is 8.86. The summed E-state index contributed by atoms with van der Waals surface area (Å²) in [4.78, 5) is 15.1. The third kappa shape index (κ3) is 3.83. The van der Waals surface area contributed by atoms with Gasteiger partial charge in [-0.15, -0.1) is 0 Å². The molecule has 0 spiro atoms. The van der Waals surface area contributed by atoms with Crippen LogP contribution in [0.25, 0.3) is 0 Å². The molecule has 2 aromatic rings. The van der Waals surface area contributed by atoms with Gasteiger partial charge in [0.2, 0.25) is 0 Å². The Kier molecular flexibility index (Phi) is 5.77. The third-order valence-corrected chi connectivity index (χ3v) is 6.11. The van der Waals surface area contributed by atoms with E-state index < -0.39 is 0 Å². The normalized spacial score (nSPS) is 20.4. The monoisotopic (exact) mass is 422 g/mol. The van der Waals surface area contributed by atoms with Gasteiger partial charge in [-0.25, -0.2) is 4.39 Å². The summed E-state index contributed by atoms with van der Waals surface area (Å²) >= 11 is 3.50. The SMILES string of the molecule is Cc1c(Br)c(C(=O)N2CCNC(C)[C@H]2CCc2ccc(F)cc2)nn1C. The van der Waals surface area contributed by atoms with E-state index in [0.717, 1.165) is 35.1 Å². The highest BCUT2D eigenvalue weighted by Crippen LogP contribution is 2.25. The average molecular weight is 423 g/mol. The molecule has 3 rings (SSSR count). The molecule has 1 aromatic carbocycles. The summed E-state index contributed by atoms with van der Waals surface area (Å²) in [6.45, 7) is 5.45. The van der Waals surface area contributed by atoms with E-state index in [4.69, 9.17) is 0 Å². The third-order valence-electron chi connectivity index (χ3n) is 5.16. The molecule has 5 nitrogen and oxygen atoms in total. The molecule has 1 aliphatic heterocycles. The van der Waals surface area contributed by atoms with Gasteiger partial charge < -0.3 is 10.2 Å². The number of rotatable bonds is 4. The van der Waals surface area contributed by atoms with E-state index in [-0.39, 0.29) is 23.8 Å². The molecule has 1 unspecified atom stereocenters. The summed E-state index contributed by atoms with van der Waals surface area (Å²) in [5, 5.41) is 7.84. The van der Waals surface area contributed by atoms with Crippen LogP contribution in [0.5, 0.6) is 0 Å². The van der Waals surface area contributed by atoms with E-state index >= 15 is 0 Å². The minimum absolute atomic E-state index is 0.0435. The number of nitrogens with zero attached hydrogens (tertiary/aromatic N) is 3. The van der Waals surface area contributed by atoms with E-state index in [0.29, 0.717) is 12.2 Å². The van der Waals surface area contributed by atoms with Crippen LogP contribution in [0.3, 0.4) is 0 Å². The number of aromatic nitrogens is 2. The van der Waals surface area contributed by atoms with E-state index in [1.807, 2.05) is 18.9 Å². The molecule has 1 saturated heterocycles. The smallest absolute Gasteiger partial charge is 0.275 e. The van der Waals surface area contributed by atoms with Gasteiger partial charge >= 0.3 is 0 Å². The van der Waals surface area contributed by atoms with Crippen molar-refractivity contribution in [2.75, 3.05) is 13.1 Å². The number of hydrogen-bond acceptors (Lipinski definition) is 3. The summed E-state index contributed by atoms with van der Waals surface area (Å²) < 4.78 is 15.6. The maximum atomic E-state index is 13.1. The molecule has 2 atom stereocenters. The second kappa shape index (κ2) is 7.88. The molecule has 26 heavy (non-hydrogen) atoms. The van der Waals surface area contributed by atoms with Gasteiger partial charge in [0, 0.05) is 32.2 Å². The Morgan fingerprint density at radius 2 is 2.08 bits per heavy atom. The van der Waals surface area contributed by atoms with Crippen LogP contribution in [0, 0.1) is 12.7 Å². The number of amides is 1. The number of piperazine rings is 1. The molecule has 140 valence electrons. The first-order chi connectivity index (χ1) is 12.4. The Morgan fingerprint density at radius 1 is 1.38 bits per heavy atom. The van der Waals surface area contributed by atoms with E-state index in [2.05, 4.69) is 33.3 Å². The van der Waals surface area contributed by atoms with Crippen LogP contribution in [-0.2, 0) is 13.5 Å². The second-order valence-electron chi connectivity index (χ2n) is 6.85. The zero-order valence-electron chi connectivity index (χ0n) is 15.3. The van der Waals surface area contributed by atoms with E-state index in [1.165, 1.54) is 12.1 Å². The van der Waals surface area contributed by atoms with Gasteiger partial charge in [-0.3, -0.25) is 9.48 Å². The fourth-order valence-electron chi connectivity index (χ4n) is 3.46. The Morgan fingerprint density at radius 3 is 2.69 bits per heavy atom. The molecule has 1 N–H and O–H groups in total. The summed E-state index contributed by atoms with van der Waals surface area (Å²) in [5.74, 6) is -0.272. The van der Waals surface area contributed by atoms with Crippen molar-refractivity contribution in [3.63, 3.8) is 0 Å². The number of nitrogens with one attached hydrogen (secondary N) is 1. The molecule has 0 bridgehead atoms. The maximum Gasteiger partial charge on any atom is 0.275 e. The minimum Gasteiger partial charge on any atom is -0.331 e. The summed E-state index contributed by atoms with van der Waals surface area (Å²) in [6, 6.07) is 6.83. The molecule has 0 radical (unpaired) electrons. The summed E-state index contributed by atoms with van der Waals surface area (Å²) in [5.41, 5.74) is 2.47. The molecule has 0 aliphatic carbocycles. The van der Waals surface area contributed by atoms with Crippen LogP contribution in [-0.4, -0.2) is 45.8 Å². The summed E-state index contributed by atoms with van der Waals surface area (Å²) in [7, 11) is 1.84. The van der Waals surface area contributed by atoms with Gasteiger partial charge in [0.15, 0.2) is 5.69 Å². The number of benzene rings is 1. The zero-order valence-corrected chi connectivity index (χ0v) is 16.9. The lowest BCUT2D eigenvalue weighted by Gasteiger charge is -2.40. The van der Waals surface area contributed by atoms with Crippen LogP contribution >= 0.6 is 15.9 Å². The molecule has 0 saturated carbocycles. The van der Waals surface area contributed by atoms with Gasteiger partial charge in [0.1, 0.15) is 5.82 Å². The van der Waals surface area contributed by atoms with Crippen molar-refractivity contribution in [1.29, 1.82) is 0 Å². The van der Waals surface area contributed by atoms with Crippen molar-refractivity contribution >= 4 is 21.8 Å². The topological polar surface area (TPSA) is 50.2 Å². The van der Waals surface area contributed by atoms with Crippen molar-refractivity contribution in [3.8, 4) is 0 Å². The summed E-state index contributed by atoms with van der Waals surface area (Å²) in [6.07, 6.45) is 1.61. The van der Waals surface area contributed by atoms with Crippen molar-refractivity contribution in [1.82, 2.24) is 20.0 Å². The number of halogens is 2. The van der Waals surface area contributed by atoms with Crippen LogP contribution in [0.4, 0.5) is 4.39 Å². The molecule has 1 amide bonds. The van der Waals surface area contributed by atoms with Crippen molar-refractivity contribution in [2.45, 2.75) is 38.8 Å². The van der Waals surface area contributed by atoms with Gasteiger partial charge in [-0.05, 0) is 60.3 Å². The van der Waals surface area contributed by atoms with Gasteiger partial charge in [0.25, 0.3) is 5.91 Å². The highest BCUT2D eigenvalue weighted by atomic mass is 79.9. The average Bonchev–Trinajstić information content (AvgIpc) is 2.89. The predicted molar refractivity (Wildman–Crippen MR) is 103 cm³/mol. The van der Waals surface area contributed by atoms with Crippen molar-refractivity contribution in [2.24, 2.45) is 7.05 Å². The zero-order chi connectivity index (χ0) is 18.8. The van der Waals surface area contributed by atoms with Crippen LogP contribution in [0.1, 0.15) is 35.1 Å². The largest absolute Gasteiger partial charge is 0.331 e. The van der Waals surface area contributed by atoms with Crippen LogP contribution in [0.2, 0.25) is 0 Å². The quantitative estimate of drug-likeness (QED) is 0.823. The van der Waals surface area contributed by atoms with Gasteiger partial charge in [-0.1, -0.05) is 12.1 Å². The molecule has 1 aliphatic rings. The standard InChI is InChI=1S/C19H24BrFN4O/c1-12-16(9-6-14-4-7-15(21)8-5-14)25(11-10-22-12)19(26)18-17(20)13(2)24(3)23-18/h4-5,7-8,12,16,22H,6,9-11H2,1-3H3/t12?,16-/m1/s1. The Hall–Kier alpha value is -1.73. The first kappa shape index (κ1) is 19.0. The lowest BCUT2D eigenvalue weighted by atomic mass is 9.96. The molecule has 1 fully saturated rings. The lowest BCUT2D eigenvalue weighted by molar-refractivity contribution is 0.0554. The highest BCUT2D eigenvalue weighted by Gasteiger charge is 2.34. The number of hydrogen-bond donors (Lipinski definition) is 1. The Balaban J connectivity index is 1.78. The Labute approximate surface area is 161 Å². The molecule has 7 heteroatoms. The molecule has 1 aromatic heterocycles. The minimum atomic E-state index is -0.228. The fraction of sp³-hybridized carbons (Fsp3) is 0.474. The van der Waals surface area contributed by atoms with Gasteiger partial charge in [-0.2, -0.15) is 5.10 Å². The lowest BCUT2D eigenvalue weighted by Crippen LogP contribution is -2.58. The predicted octanol–water partition coefficient (Wildman–Crippen LogP) is 3.07. The molecular formula is C19H24BrFN4O. The number of carbonyl (C=O) groups excluding carboxylic acids is 1. The fourth-order valence-corrected chi connectivity index (χ4v) is 3.97. The molecule has 2 heterocycles. The number of aryl methyl sites for hydroxylation is 2. The number of carbonyl (C=O) groups is 1. The molecular weight excluding hydrogens is 399 g/mol. The van der Waals surface area contributed by atoms with Crippen LogP contribution < -0.4 is 5.32 Å². The van der Waals surface area contributed by atoms with Crippen molar-refractivity contribution in [3.05, 3.63) is 51.5 Å². The second-order valence-corrected chi connectivity index (χ2v) is 7.64. The van der Waals surface area contributed by atoms with E-state index in [9.17, 15) is 9.18 Å². The van der Waals surface area contributed by atoms with Gasteiger partial charge in [0.05, 0.1) is 10.2 Å². The Bertz CT molecular complexity index is 790. The first-order valence-corrected chi connectivity index (χ1v) is 9.65. The maximum absolute atomic E-state index is 13.1. The van der Waals surface area contributed by atoms with E-state index in [1.54, 1.807) is 16.8 Å². The van der Waals surface area contributed by atoms with Crippen molar-refractivity contribution < 1.29 is 9.18 Å². The highest BCUT2D eigenvalue weighted by molar-refractivity contribution is 9.10. The van der Waals surface area contributed by atoms with Crippen LogP contribution in [0.15, 0.2) is 28.7 Å².